The molecular formula is C17H19O8PS2. The first-order valence-corrected chi connectivity index (χ1v) is 13.0. The summed E-state index contributed by atoms with van der Waals surface area (Å²) in [5, 5.41) is 0. The number of rotatable bonds is 7. The van der Waals surface area contributed by atoms with E-state index in [2.05, 4.69) is 0 Å². The molecule has 1 saturated heterocycles. The molecule has 0 radical (unpaired) electrons. The smallest absolute Gasteiger partial charge is 0.290 e. The normalized spacial score (nSPS) is 25.6. The summed E-state index contributed by atoms with van der Waals surface area (Å²) < 4.78 is 78.2. The van der Waals surface area contributed by atoms with Gasteiger partial charge < -0.3 is 0 Å². The van der Waals surface area contributed by atoms with Gasteiger partial charge in [0.2, 0.25) is 0 Å². The molecule has 2 aromatic carbocycles. The van der Waals surface area contributed by atoms with Crippen molar-refractivity contribution in [3.63, 3.8) is 0 Å². The summed E-state index contributed by atoms with van der Waals surface area (Å²) >= 11 is 0. The van der Waals surface area contributed by atoms with E-state index in [1.165, 1.54) is 24.3 Å². The summed E-state index contributed by atoms with van der Waals surface area (Å²) in [6.07, 6.45) is -2.54. The Morgan fingerprint density at radius 3 is 1.46 bits per heavy atom. The largest absolute Gasteiger partial charge is 0.475 e. The zero-order valence-electron chi connectivity index (χ0n) is 14.9. The van der Waals surface area contributed by atoms with Crippen LogP contribution in [0.1, 0.15) is 0 Å². The fourth-order valence-corrected chi connectivity index (χ4v) is 7.20. The van der Waals surface area contributed by atoms with E-state index in [-0.39, 0.29) is 9.79 Å². The Morgan fingerprint density at radius 1 is 0.786 bits per heavy atom. The number of hydrogen-bond donors (Lipinski definition) is 0. The van der Waals surface area contributed by atoms with Gasteiger partial charge in [0.05, 0.1) is 21.3 Å². The van der Waals surface area contributed by atoms with Gasteiger partial charge in [-0.2, -0.15) is 0 Å². The van der Waals surface area contributed by atoms with Crippen LogP contribution < -0.4 is 0 Å². The molecule has 0 saturated carbocycles. The highest BCUT2D eigenvalue weighted by molar-refractivity contribution is 7.92. The van der Waals surface area contributed by atoms with Gasteiger partial charge in [-0.1, -0.05) is 36.4 Å². The third-order valence-corrected chi connectivity index (χ3v) is 9.16. The molecule has 2 unspecified atom stereocenters. The highest BCUT2D eigenvalue weighted by Gasteiger charge is 2.49. The highest BCUT2D eigenvalue weighted by Crippen LogP contribution is 2.57. The highest BCUT2D eigenvalue weighted by atomic mass is 32.2. The van der Waals surface area contributed by atoms with Gasteiger partial charge in [0.25, 0.3) is 0 Å². The Labute approximate surface area is 163 Å². The maximum Gasteiger partial charge on any atom is 0.475 e. The van der Waals surface area contributed by atoms with E-state index in [4.69, 9.17) is 13.6 Å². The zero-order valence-corrected chi connectivity index (χ0v) is 17.4. The summed E-state index contributed by atoms with van der Waals surface area (Å²) in [4.78, 5) is 0.0878. The van der Waals surface area contributed by atoms with Gasteiger partial charge in [0, 0.05) is 7.11 Å². The van der Waals surface area contributed by atoms with Crippen molar-refractivity contribution in [2.24, 2.45) is 0 Å². The lowest BCUT2D eigenvalue weighted by molar-refractivity contribution is 0.191. The number of benzene rings is 2. The third-order valence-electron chi connectivity index (χ3n) is 4.14. The predicted octanol–water partition coefficient (Wildman–Crippen LogP) is 2.47. The number of phosphoric acid groups is 1. The number of sulfone groups is 2. The monoisotopic (exact) mass is 446 g/mol. The molecule has 0 amide bonds. The molecule has 1 heterocycles. The molecule has 28 heavy (non-hydrogen) atoms. The van der Waals surface area contributed by atoms with Gasteiger partial charge >= 0.3 is 7.82 Å². The standard InChI is InChI=1S/C17H19O8PS2/c1-23-26(18)24-16(12-27(19,20)14-8-4-2-5-9-14)17(25-26)13-28(21,22)15-10-6-3-7-11-15/h2-11,16-17H,12-13H2,1H3. The number of phosphoric ester groups is 1. The van der Waals surface area contributed by atoms with E-state index in [1.54, 1.807) is 36.4 Å². The first-order chi connectivity index (χ1) is 13.2. The summed E-state index contributed by atoms with van der Waals surface area (Å²) in [5.41, 5.74) is 0. The molecule has 2 aromatic rings. The Bertz CT molecular complexity index is 985. The summed E-state index contributed by atoms with van der Waals surface area (Å²) in [7, 11) is -10.6. The second kappa shape index (κ2) is 8.06. The molecule has 152 valence electrons. The van der Waals surface area contributed by atoms with Gasteiger partial charge in [0.15, 0.2) is 19.7 Å². The molecule has 1 aliphatic rings. The number of hydrogen-bond acceptors (Lipinski definition) is 8. The van der Waals surface area contributed by atoms with Crippen molar-refractivity contribution in [1.29, 1.82) is 0 Å². The van der Waals surface area contributed by atoms with Crippen LogP contribution in [0.3, 0.4) is 0 Å². The average molecular weight is 446 g/mol. The summed E-state index contributed by atoms with van der Waals surface area (Å²) in [5.74, 6) is -1.20. The lowest BCUT2D eigenvalue weighted by Gasteiger charge is -2.16. The molecule has 11 heteroatoms. The molecule has 0 N–H and O–H groups in total. The maximum atomic E-state index is 12.7. The van der Waals surface area contributed by atoms with Crippen LogP contribution in [0, 0.1) is 0 Å². The van der Waals surface area contributed by atoms with Crippen LogP contribution in [0.15, 0.2) is 70.5 Å². The summed E-state index contributed by atoms with van der Waals surface area (Å²) in [6, 6.07) is 15.3. The van der Waals surface area contributed by atoms with E-state index in [1.807, 2.05) is 0 Å². The molecule has 0 aliphatic carbocycles. The van der Waals surface area contributed by atoms with Crippen molar-refractivity contribution in [2.45, 2.75) is 22.0 Å². The van der Waals surface area contributed by atoms with Crippen molar-refractivity contribution in [3.05, 3.63) is 60.7 Å². The van der Waals surface area contributed by atoms with Gasteiger partial charge in [-0.05, 0) is 24.3 Å². The fourth-order valence-electron chi connectivity index (χ4n) is 2.73. The maximum absolute atomic E-state index is 12.7. The lowest BCUT2D eigenvalue weighted by Crippen LogP contribution is -2.35. The van der Waals surface area contributed by atoms with Crippen molar-refractivity contribution >= 4 is 27.5 Å². The molecule has 0 bridgehead atoms. The molecular weight excluding hydrogens is 427 g/mol. The predicted molar refractivity (Wildman–Crippen MR) is 101 cm³/mol. The minimum atomic E-state index is -4.05. The SMILES string of the molecule is COP1(=O)OC(CS(=O)(=O)c2ccccc2)C(CS(=O)(=O)c2ccccc2)O1. The minimum absolute atomic E-state index is 0.0439. The average Bonchev–Trinajstić information content (AvgIpc) is 2.98. The van der Waals surface area contributed by atoms with Gasteiger partial charge in [-0.15, -0.1) is 0 Å². The molecule has 1 aliphatic heterocycles. The van der Waals surface area contributed by atoms with Crippen LogP contribution in [0.5, 0.6) is 0 Å². The molecule has 8 nitrogen and oxygen atoms in total. The van der Waals surface area contributed by atoms with Gasteiger partial charge in [-0.3, -0.25) is 13.6 Å². The summed E-state index contributed by atoms with van der Waals surface area (Å²) in [6.45, 7) is 0. The first kappa shape index (κ1) is 21.2. The van der Waals surface area contributed by atoms with Crippen LogP contribution in [0.25, 0.3) is 0 Å². The van der Waals surface area contributed by atoms with E-state index in [0.717, 1.165) is 7.11 Å². The van der Waals surface area contributed by atoms with E-state index < -0.39 is 51.2 Å². The van der Waals surface area contributed by atoms with Crippen LogP contribution in [0.4, 0.5) is 0 Å². The minimum Gasteiger partial charge on any atom is -0.290 e. The van der Waals surface area contributed by atoms with Crippen molar-refractivity contribution in [3.8, 4) is 0 Å². The van der Waals surface area contributed by atoms with Crippen molar-refractivity contribution < 1.29 is 35.0 Å². The second-order valence-electron chi connectivity index (χ2n) is 6.11. The Morgan fingerprint density at radius 2 is 1.14 bits per heavy atom. The molecule has 0 spiro atoms. The Kier molecular flexibility index (Phi) is 6.09. The zero-order chi connectivity index (χ0) is 20.4. The second-order valence-corrected chi connectivity index (χ2v) is 11.9. The van der Waals surface area contributed by atoms with Gasteiger partial charge in [-0.25, -0.2) is 21.4 Å². The lowest BCUT2D eigenvalue weighted by atomic mass is 10.3. The Hall–Kier alpha value is -1.55. The molecule has 2 atom stereocenters. The first-order valence-electron chi connectivity index (χ1n) is 8.23. The van der Waals surface area contributed by atoms with E-state index in [0.29, 0.717) is 0 Å². The van der Waals surface area contributed by atoms with Gasteiger partial charge in [0.1, 0.15) is 12.2 Å². The fraction of sp³-hybridized carbons (Fsp3) is 0.294. The quantitative estimate of drug-likeness (QED) is 0.596. The van der Waals surface area contributed by atoms with E-state index in [9.17, 15) is 21.4 Å². The van der Waals surface area contributed by atoms with Crippen LogP contribution in [0.2, 0.25) is 0 Å². The van der Waals surface area contributed by atoms with Crippen LogP contribution >= 0.6 is 7.82 Å². The van der Waals surface area contributed by atoms with Crippen molar-refractivity contribution in [2.75, 3.05) is 18.6 Å². The Balaban J connectivity index is 1.87. The van der Waals surface area contributed by atoms with Crippen molar-refractivity contribution in [1.82, 2.24) is 0 Å². The van der Waals surface area contributed by atoms with Crippen LogP contribution in [-0.2, 0) is 37.8 Å². The molecule has 3 rings (SSSR count). The molecule has 1 fully saturated rings. The topological polar surface area (TPSA) is 113 Å². The van der Waals surface area contributed by atoms with E-state index >= 15 is 0 Å². The third kappa shape index (κ3) is 4.71. The van der Waals surface area contributed by atoms with Crippen LogP contribution in [-0.4, -0.2) is 47.7 Å². The molecule has 0 aromatic heterocycles.